The zero-order valence-corrected chi connectivity index (χ0v) is 8.09. The number of non-ortho nitro benzene ring substituents is 1. The van der Waals surface area contributed by atoms with Gasteiger partial charge in [0, 0.05) is 12.1 Å². The molecule has 0 aliphatic rings. The van der Waals surface area contributed by atoms with E-state index in [0.29, 0.717) is 5.52 Å². The Labute approximate surface area is 81.1 Å². The second-order valence-corrected chi connectivity index (χ2v) is 4.89. The molecule has 1 aromatic heterocycles. The topological polar surface area (TPSA) is 56.0 Å². The lowest BCUT2D eigenvalue weighted by molar-refractivity contribution is -0.383. The molecule has 0 N–H and O–H groups in total. The van der Waals surface area contributed by atoms with Crippen LogP contribution in [0.4, 0.5) is 5.69 Å². The number of fused-ring (bicyclic) bond motifs is 1. The predicted octanol–water partition coefficient (Wildman–Crippen LogP) is 2.59. The van der Waals surface area contributed by atoms with Gasteiger partial charge in [-0.15, -0.1) is 0 Å². The van der Waals surface area contributed by atoms with Gasteiger partial charge in [0.25, 0.3) is 0 Å². The molecule has 1 unspecified atom stereocenters. The molecule has 2 aromatic rings. The van der Waals surface area contributed by atoms with Gasteiger partial charge < -0.3 is 0 Å². The number of rotatable bonds is 1. The maximum Gasteiger partial charge on any atom is 0.300 e. The largest absolute Gasteiger partial charge is 0.300 e. The van der Waals surface area contributed by atoms with Crippen LogP contribution in [0.2, 0.25) is 0 Å². The van der Waals surface area contributed by atoms with Gasteiger partial charge in [-0.05, 0) is 6.07 Å². The Hall–Kier alpha value is -1.14. The number of hydrogen-bond donors (Lipinski definition) is 1. The fraction of sp³-hybridized carbons (Fsp3) is 0. The molecular weight excluding hydrogens is 208 g/mol. The monoisotopic (exact) mass is 213 g/mol. The quantitative estimate of drug-likeness (QED) is 0.260. The molecule has 0 saturated carbocycles. The van der Waals surface area contributed by atoms with Crippen LogP contribution < -0.4 is 0 Å². The van der Waals surface area contributed by atoms with Gasteiger partial charge in [0.05, 0.1) is 14.4 Å². The maximum atomic E-state index is 10.6. The summed E-state index contributed by atoms with van der Waals surface area (Å²) in [5, 5.41) is 10.6. The Morgan fingerprint density at radius 3 is 3.00 bits per heavy atom. The molecular formula is C7H5N2O2S2+. The third-order valence-electron chi connectivity index (χ3n) is 1.68. The lowest BCUT2D eigenvalue weighted by Crippen LogP contribution is -1.88. The molecule has 1 heterocycles. The van der Waals surface area contributed by atoms with Crippen LogP contribution in [0.5, 0.6) is 0 Å². The smallest absolute Gasteiger partial charge is 0.258 e. The van der Waals surface area contributed by atoms with Crippen molar-refractivity contribution >= 4 is 37.1 Å². The summed E-state index contributed by atoms with van der Waals surface area (Å²) >= 11 is 4.24. The van der Waals surface area contributed by atoms with Gasteiger partial charge in [-0.3, -0.25) is 10.1 Å². The molecule has 0 aliphatic heterocycles. The number of para-hydroxylation sites is 1. The molecule has 0 aliphatic carbocycles. The van der Waals surface area contributed by atoms with E-state index in [4.69, 9.17) is 0 Å². The summed E-state index contributed by atoms with van der Waals surface area (Å²) in [4.78, 5) is 14.1. The van der Waals surface area contributed by atoms with Gasteiger partial charge in [-0.1, -0.05) is 0 Å². The van der Waals surface area contributed by atoms with Crippen molar-refractivity contribution in [3.05, 3.63) is 33.8 Å². The second kappa shape index (κ2) is 2.97. The number of thiazole rings is 1. The molecule has 0 spiro atoms. The minimum Gasteiger partial charge on any atom is -0.258 e. The summed E-state index contributed by atoms with van der Waals surface area (Å²) in [7, 11) is -0.376. The lowest BCUT2D eigenvalue weighted by atomic mass is 10.3. The van der Waals surface area contributed by atoms with Crippen LogP contribution in [0, 0.1) is 10.1 Å². The van der Waals surface area contributed by atoms with Crippen molar-refractivity contribution in [1.29, 1.82) is 0 Å². The maximum absolute atomic E-state index is 10.6. The van der Waals surface area contributed by atoms with Gasteiger partial charge in [0.2, 0.25) is 15.7 Å². The van der Waals surface area contributed by atoms with Crippen LogP contribution in [-0.2, 0) is 0 Å². The lowest BCUT2D eigenvalue weighted by Gasteiger charge is -1.87. The minimum absolute atomic E-state index is 0.0535. The van der Waals surface area contributed by atoms with E-state index in [9.17, 15) is 10.1 Å². The van der Waals surface area contributed by atoms with Gasteiger partial charge >= 0.3 is 5.69 Å². The molecule has 0 radical (unpaired) electrons. The van der Waals surface area contributed by atoms with Crippen molar-refractivity contribution in [2.24, 2.45) is 0 Å². The number of nitrogens with zero attached hydrogens (tertiary/aromatic N) is 2. The first-order valence-electron chi connectivity index (χ1n) is 3.44. The Morgan fingerprint density at radius 1 is 1.54 bits per heavy atom. The number of nitro benzene ring substituents is 1. The average Bonchev–Trinajstić information content (AvgIpc) is 2.48. The third kappa shape index (κ3) is 1.27. The van der Waals surface area contributed by atoms with E-state index in [0.717, 1.165) is 4.70 Å². The van der Waals surface area contributed by atoms with Crippen LogP contribution in [0.15, 0.2) is 23.7 Å². The Morgan fingerprint density at radius 2 is 2.31 bits per heavy atom. The van der Waals surface area contributed by atoms with Crippen molar-refractivity contribution in [1.82, 2.24) is 4.98 Å². The molecule has 1 atom stereocenters. The van der Waals surface area contributed by atoms with Crippen molar-refractivity contribution in [3.63, 3.8) is 0 Å². The standard InChI is InChI=1S/C7H5N2O2S2/c10-9(11)5-2-1-3-6-7(5)8-4-13(6)12/h1-4,12H/q+1. The number of hydrogen-bond acceptors (Lipinski definition) is 4. The summed E-state index contributed by atoms with van der Waals surface area (Å²) in [6, 6.07) is 4.92. The van der Waals surface area contributed by atoms with Crippen molar-refractivity contribution in [2.45, 2.75) is 0 Å². The highest BCUT2D eigenvalue weighted by Crippen LogP contribution is 2.36. The highest BCUT2D eigenvalue weighted by molar-refractivity contribution is 8.34. The molecule has 0 saturated heterocycles. The first kappa shape index (κ1) is 8.46. The van der Waals surface area contributed by atoms with Crippen LogP contribution in [0.3, 0.4) is 0 Å². The van der Waals surface area contributed by atoms with E-state index < -0.39 is 4.92 Å². The molecule has 0 amide bonds. The zero-order chi connectivity index (χ0) is 9.42. The van der Waals surface area contributed by atoms with Crippen LogP contribution in [0.1, 0.15) is 0 Å². The second-order valence-electron chi connectivity index (χ2n) is 2.43. The van der Waals surface area contributed by atoms with E-state index in [1.165, 1.54) is 6.07 Å². The molecule has 0 bridgehead atoms. The van der Waals surface area contributed by atoms with Crippen LogP contribution >= 0.6 is 21.2 Å². The molecule has 13 heavy (non-hydrogen) atoms. The first-order valence-corrected chi connectivity index (χ1v) is 5.78. The average molecular weight is 213 g/mol. The fourth-order valence-corrected chi connectivity index (χ4v) is 2.59. The van der Waals surface area contributed by atoms with E-state index in [2.05, 4.69) is 16.6 Å². The number of benzene rings is 1. The molecule has 2 rings (SSSR count). The van der Waals surface area contributed by atoms with Crippen LogP contribution in [0.25, 0.3) is 10.2 Å². The highest BCUT2D eigenvalue weighted by Gasteiger charge is 2.20. The Bertz CT molecular complexity index is 480. The minimum atomic E-state index is -0.424. The number of thiol groups is 1. The summed E-state index contributed by atoms with van der Waals surface area (Å²) in [6.07, 6.45) is 0. The highest BCUT2D eigenvalue weighted by atomic mass is 33.1. The number of aromatic nitrogens is 1. The summed E-state index contributed by atoms with van der Waals surface area (Å²) in [5.41, 5.74) is 2.13. The van der Waals surface area contributed by atoms with Gasteiger partial charge in [-0.2, -0.15) is 4.98 Å². The molecule has 6 heteroatoms. The first-order chi connectivity index (χ1) is 6.20. The van der Waals surface area contributed by atoms with E-state index >= 15 is 0 Å². The van der Waals surface area contributed by atoms with Crippen molar-refractivity contribution in [2.75, 3.05) is 0 Å². The summed E-state index contributed by atoms with van der Waals surface area (Å²) in [5.74, 6) is 0. The molecule has 4 nitrogen and oxygen atoms in total. The SMILES string of the molecule is O=[N+]([O-])c1cccc2c1nc[s+]2S. The zero-order valence-electron chi connectivity index (χ0n) is 6.38. The predicted molar refractivity (Wildman–Crippen MR) is 55.3 cm³/mol. The van der Waals surface area contributed by atoms with Crippen molar-refractivity contribution in [3.8, 4) is 0 Å². The summed E-state index contributed by atoms with van der Waals surface area (Å²) < 4.78 is 0.831. The van der Waals surface area contributed by atoms with E-state index in [1.54, 1.807) is 11.6 Å². The normalized spacial score (nSPS) is 11.9. The fourth-order valence-electron chi connectivity index (χ4n) is 1.12. The third-order valence-corrected chi connectivity index (χ3v) is 3.64. The number of nitro groups is 1. The van der Waals surface area contributed by atoms with Gasteiger partial charge in [0.1, 0.15) is 11.7 Å². The Kier molecular flexibility index (Phi) is 1.93. The summed E-state index contributed by atoms with van der Waals surface area (Å²) in [6.45, 7) is 0. The Balaban J connectivity index is 2.84. The molecule has 0 fully saturated rings. The van der Waals surface area contributed by atoms with E-state index in [1.807, 2.05) is 6.07 Å². The van der Waals surface area contributed by atoms with Crippen molar-refractivity contribution < 1.29 is 4.92 Å². The molecule has 1 aromatic carbocycles. The van der Waals surface area contributed by atoms with Gasteiger partial charge in [-0.25, -0.2) is 0 Å². The van der Waals surface area contributed by atoms with Gasteiger partial charge in [0.15, 0.2) is 0 Å². The molecule has 66 valence electrons. The van der Waals surface area contributed by atoms with E-state index in [-0.39, 0.29) is 15.2 Å². The van der Waals surface area contributed by atoms with Crippen LogP contribution in [-0.4, -0.2) is 9.91 Å².